The Labute approximate surface area is 283 Å². The minimum Gasteiger partial charge on any atom is -0.369 e. The summed E-state index contributed by atoms with van der Waals surface area (Å²) in [6.07, 6.45) is 1.39. The number of ether oxygens (including phenoxy) is 1. The van der Waals surface area contributed by atoms with Crippen LogP contribution in [0.5, 0.6) is 0 Å². The molecule has 5 heterocycles. The first-order valence-electron chi connectivity index (χ1n) is 13.9. The van der Waals surface area contributed by atoms with Crippen LogP contribution in [0.3, 0.4) is 0 Å². The molecule has 2 atom stereocenters. The first-order chi connectivity index (χ1) is 21.2. The summed E-state index contributed by atoms with van der Waals surface area (Å²) in [6.45, 7) is 4.85. The highest BCUT2D eigenvalue weighted by Gasteiger charge is 2.46. The molecule has 0 saturated carbocycles. The van der Waals surface area contributed by atoms with Crippen molar-refractivity contribution in [3.8, 4) is 5.00 Å². The van der Waals surface area contributed by atoms with Crippen LogP contribution in [0, 0.1) is 0 Å². The summed E-state index contributed by atoms with van der Waals surface area (Å²) < 4.78 is 10.2. The monoisotopic (exact) mass is 772 g/mol. The van der Waals surface area contributed by atoms with Gasteiger partial charge in [-0.25, -0.2) is 4.57 Å². The second kappa shape index (κ2) is 12.0. The highest BCUT2D eigenvalue weighted by Crippen LogP contribution is 2.50. The molecule has 3 aliphatic heterocycles. The van der Waals surface area contributed by atoms with E-state index < -0.39 is 0 Å². The zero-order valence-electron chi connectivity index (χ0n) is 23.7. The number of thioether (sulfide) groups is 2. The summed E-state index contributed by atoms with van der Waals surface area (Å²) in [4.78, 5) is 29.3. The van der Waals surface area contributed by atoms with Crippen molar-refractivity contribution >= 4 is 89.4 Å². The van der Waals surface area contributed by atoms with E-state index in [-0.39, 0.29) is 34.8 Å². The molecule has 0 aliphatic carbocycles. The highest BCUT2D eigenvalue weighted by atomic mass is 79.9. The number of ketones is 2. The predicted molar refractivity (Wildman–Crippen MR) is 182 cm³/mol. The molecule has 1 unspecified atom stereocenters. The van der Waals surface area contributed by atoms with Crippen molar-refractivity contribution in [3.63, 3.8) is 0 Å². The van der Waals surface area contributed by atoms with Crippen LogP contribution in [0.25, 0.3) is 5.00 Å². The fourth-order valence-electron chi connectivity index (χ4n) is 5.39. The van der Waals surface area contributed by atoms with E-state index in [2.05, 4.69) is 61.3 Å². The average molecular weight is 775 g/mol. The van der Waals surface area contributed by atoms with Crippen molar-refractivity contribution in [2.45, 2.75) is 50.2 Å². The van der Waals surface area contributed by atoms with Gasteiger partial charge in [-0.15, -0.1) is 21.5 Å². The topological polar surface area (TPSA) is 102 Å². The Hall–Kier alpha value is -2.49. The van der Waals surface area contributed by atoms with Crippen LogP contribution in [0.2, 0.25) is 0 Å². The molecule has 0 radical (unpaired) electrons. The summed E-state index contributed by atoms with van der Waals surface area (Å²) in [7, 11) is 0. The van der Waals surface area contributed by atoms with Gasteiger partial charge in [-0.3, -0.25) is 19.9 Å². The van der Waals surface area contributed by atoms with Gasteiger partial charge in [0.05, 0.1) is 23.7 Å². The highest BCUT2D eigenvalue weighted by molar-refractivity contribution is 9.10. The Kier molecular flexibility index (Phi) is 8.25. The Morgan fingerprint density at radius 1 is 1.02 bits per heavy atom. The van der Waals surface area contributed by atoms with E-state index in [1.54, 1.807) is 11.3 Å². The minimum absolute atomic E-state index is 0.0125. The number of anilines is 1. The van der Waals surface area contributed by atoms with Crippen molar-refractivity contribution in [2.75, 3.05) is 16.4 Å². The third kappa shape index (κ3) is 5.47. The second-order valence-electron chi connectivity index (χ2n) is 10.8. The van der Waals surface area contributed by atoms with Crippen LogP contribution in [-0.2, 0) is 17.8 Å². The van der Waals surface area contributed by atoms with Gasteiger partial charge in [-0.05, 0) is 43.2 Å². The quantitative estimate of drug-likeness (QED) is 0.145. The normalized spacial score (nSPS) is 19.9. The van der Waals surface area contributed by atoms with Gasteiger partial charge in [0, 0.05) is 36.9 Å². The van der Waals surface area contributed by atoms with E-state index in [0.29, 0.717) is 34.0 Å². The fraction of sp³-hybridized carbons (Fsp3) is 0.300. The number of amidine groups is 1. The zero-order valence-corrected chi connectivity index (χ0v) is 29.3. The maximum absolute atomic E-state index is 13.1. The van der Waals surface area contributed by atoms with Crippen molar-refractivity contribution in [1.82, 2.24) is 20.2 Å². The van der Waals surface area contributed by atoms with Crippen LogP contribution >= 0.6 is 66.7 Å². The smallest absolute Gasteiger partial charge is 0.241 e. The summed E-state index contributed by atoms with van der Waals surface area (Å²) in [5.74, 6) is 1.07. The van der Waals surface area contributed by atoms with Crippen LogP contribution in [0.4, 0.5) is 5.95 Å². The Morgan fingerprint density at radius 2 is 1.66 bits per heavy atom. The number of carbonyl (C=O) groups is 2. The minimum atomic E-state index is -0.284. The van der Waals surface area contributed by atoms with Gasteiger partial charge >= 0.3 is 0 Å². The first kappa shape index (κ1) is 30.2. The maximum atomic E-state index is 13.1. The number of hydrazone groups is 1. The second-order valence-corrected chi connectivity index (χ2v) is 15.6. The largest absolute Gasteiger partial charge is 0.369 e. The molecule has 0 amide bonds. The Morgan fingerprint density at radius 3 is 2.30 bits per heavy atom. The van der Waals surface area contributed by atoms with E-state index in [4.69, 9.17) is 9.84 Å². The molecule has 14 heteroatoms. The third-order valence-electron chi connectivity index (χ3n) is 8.01. The molecule has 7 rings (SSSR count). The third-order valence-corrected chi connectivity index (χ3v) is 12.2. The molecule has 3 aliphatic rings. The van der Waals surface area contributed by atoms with Crippen molar-refractivity contribution in [3.05, 3.63) is 84.6 Å². The van der Waals surface area contributed by atoms with Crippen molar-refractivity contribution in [1.29, 1.82) is 0 Å². The number of carbonyl (C=O) groups excluding carboxylic acids is 2. The molecule has 2 aromatic carbocycles. The van der Waals surface area contributed by atoms with Gasteiger partial charge in [-0.1, -0.05) is 86.6 Å². The van der Waals surface area contributed by atoms with Crippen LogP contribution < -0.4 is 10.3 Å². The number of nitrogens with one attached hydrogen (secondary N) is 1. The molecule has 1 N–H and O–H groups in total. The molecule has 0 fully saturated rings. The van der Waals surface area contributed by atoms with E-state index in [1.807, 2.05) is 58.0 Å². The maximum Gasteiger partial charge on any atom is 0.241 e. The molecule has 4 aromatic rings. The molecule has 2 aromatic heterocycles. The lowest BCUT2D eigenvalue weighted by Crippen LogP contribution is -2.40. The van der Waals surface area contributed by atoms with Crippen LogP contribution in [0.1, 0.15) is 63.2 Å². The number of rotatable bonds is 8. The Balaban J connectivity index is 1.21. The lowest BCUT2D eigenvalue weighted by atomic mass is 9.88. The number of hydrogen-bond acceptors (Lipinski definition) is 11. The number of fused-ring (bicyclic) bond motifs is 8. The SMILES string of the molecule is CC[C@@]1(C)Cc2c(sc3c2C2NN=C(SCC(=O)c4ccc(Br)cc4)N2c2nnc(SCC(=O)c4ccc(Br)cc4)n2-3)CO1. The van der Waals surface area contributed by atoms with Gasteiger partial charge in [-0.2, -0.15) is 5.10 Å². The van der Waals surface area contributed by atoms with E-state index in [0.717, 1.165) is 32.4 Å². The number of halogens is 2. The summed E-state index contributed by atoms with van der Waals surface area (Å²) in [5, 5.41) is 16.2. The predicted octanol–water partition coefficient (Wildman–Crippen LogP) is 7.38. The Bertz CT molecular complexity index is 1810. The van der Waals surface area contributed by atoms with Crippen molar-refractivity contribution in [2.24, 2.45) is 5.10 Å². The number of Topliss-reactive ketones (excluding diaryl/α,β-unsaturated/α-hetero) is 2. The van der Waals surface area contributed by atoms with Gasteiger partial charge in [0.25, 0.3) is 0 Å². The zero-order chi connectivity index (χ0) is 30.6. The molecule has 44 heavy (non-hydrogen) atoms. The number of hydrogen-bond donors (Lipinski definition) is 1. The lowest BCUT2D eigenvalue weighted by molar-refractivity contribution is -0.0549. The summed E-state index contributed by atoms with van der Waals surface area (Å²) in [5.41, 5.74) is 6.76. The molecule has 0 bridgehead atoms. The van der Waals surface area contributed by atoms with E-state index in [9.17, 15) is 9.59 Å². The lowest BCUT2D eigenvalue weighted by Gasteiger charge is -2.35. The molecule has 9 nitrogen and oxygen atoms in total. The van der Waals surface area contributed by atoms with Gasteiger partial charge < -0.3 is 4.74 Å². The van der Waals surface area contributed by atoms with Gasteiger partial charge in [0.15, 0.2) is 28.1 Å². The molecular formula is C30H26Br2N6O3S3. The standard InChI is InChI=1S/C30H26Br2N6O3S3/c1-3-30(2)12-20-23(13-41-30)44-26-24(20)25-33-35-28(42-14-21(39)16-4-8-18(31)9-5-16)37(25)27-34-36-29(38(26)27)43-15-22(40)17-6-10-19(32)11-7-17/h4-11,25,33H,3,12-15H2,1-2H3/t25?,30-/m0/s1. The number of benzene rings is 2. The van der Waals surface area contributed by atoms with E-state index >= 15 is 0 Å². The summed E-state index contributed by atoms with van der Waals surface area (Å²) in [6, 6.07) is 14.7. The molecule has 226 valence electrons. The fourth-order valence-corrected chi connectivity index (χ4v) is 8.93. The van der Waals surface area contributed by atoms with Gasteiger partial charge in [0.1, 0.15) is 5.00 Å². The molecule has 0 spiro atoms. The van der Waals surface area contributed by atoms with E-state index in [1.165, 1.54) is 34.0 Å². The average Bonchev–Trinajstić information content (AvgIpc) is 3.74. The molecule has 0 saturated heterocycles. The number of thiophene rings is 1. The number of nitrogens with zero attached hydrogens (tertiary/aromatic N) is 5. The van der Waals surface area contributed by atoms with Crippen molar-refractivity contribution < 1.29 is 14.3 Å². The first-order valence-corrected chi connectivity index (χ1v) is 18.3. The van der Waals surface area contributed by atoms with Crippen LogP contribution in [0.15, 0.2) is 67.7 Å². The van der Waals surface area contributed by atoms with Gasteiger partial charge in [0.2, 0.25) is 5.95 Å². The summed E-state index contributed by atoms with van der Waals surface area (Å²) >= 11 is 11.3. The van der Waals surface area contributed by atoms with Crippen LogP contribution in [-0.4, -0.2) is 48.6 Å². The number of aromatic nitrogens is 3. The molecular weight excluding hydrogens is 748 g/mol.